The molecule has 23 heavy (non-hydrogen) atoms. The summed E-state index contributed by atoms with van der Waals surface area (Å²) in [4.78, 5) is 14.4. The van der Waals surface area contributed by atoms with Crippen molar-refractivity contribution in [3.8, 4) is 0 Å². The van der Waals surface area contributed by atoms with E-state index in [1.54, 1.807) is 0 Å². The number of rotatable bonds is 4. The van der Waals surface area contributed by atoms with E-state index < -0.39 is 11.7 Å². The molecule has 1 heterocycles. The quantitative estimate of drug-likeness (QED) is 0.923. The average Bonchev–Trinajstić information content (AvgIpc) is 3.18. The fourth-order valence-corrected chi connectivity index (χ4v) is 3.48. The van der Waals surface area contributed by atoms with Gasteiger partial charge in [-0.3, -0.25) is 4.79 Å². The summed E-state index contributed by atoms with van der Waals surface area (Å²) in [5, 5.41) is 3.14. The molecule has 0 spiro atoms. The molecule has 1 N–H and O–H groups in total. The molecule has 3 nitrogen and oxygen atoms in total. The third-order valence-corrected chi connectivity index (χ3v) is 4.86. The Bertz CT molecular complexity index is 570. The molecular weight excluding hydrogens is 305 g/mol. The average molecular weight is 326 g/mol. The molecule has 1 aromatic rings. The molecule has 1 saturated carbocycles. The van der Waals surface area contributed by atoms with Crippen molar-refractivity contribution >= 4 is 5.91 Å². The van der Waals surface area contributed by atoms with E-state index in [1.807, 2.05) is 11.9 Å². The molecule has 1 amide bonds. The Kier molecular flexibility index (Phi) is 4.36. The van der Waals surface area contributed by atoms with Gasteiger partial charge in [0.15, 0.2) is 0 Å². The Hall–Kier alpha value is -1.56. The van der Waals surface area contributed by atoms with E-state index in [0.717, 1.165) is 50.2 Å². The molecule has 1 aromatic carbocycles. The Labute approximate surface area is 133 Å². The summed E-state index contributed by atoms with van der Waals surface area (Å²) in [7, 11) is 1.91. The van der Waals surface area contributed by atoms with Crippen LogP contribution in [0.15, 0.2) is 24.3 Å². The van der Waals surface area contributed by atoms with Crippen LogP contribution in [0.1, 0.15) is 29.9 Å². The van der Waals surface area contributed by atoms with Gasteiger partial charge in [0, 0.05) is 19.0 Å². The predicted molar refractivity (Wildman–Crippen MR) is 80.9 cm³/mol. The van der Waals surface area contributed by atoms with Crippen molar-refractivity contribution in [2.75, 3.05) is 26.7 Å². The lowest BCUT2D eigenvalue weighted by Crippen LogP contribution is -2.31. The number of amides is 1. The molecule has 0 bridgehead atoms. The number of carbonyl (C=O) groups is 1. The SMILES string of the molecule is CNCC1CCN(C(=O)C2CC2c2ccc(C(F)(F)F)cc2)C1. The van der Waals surface area contributed by atoms with Gasteiger partial charge in [0.05, 0.1) is 5.56 Å². The molecule has 0 radical (unpaired) electrons. The van der Waals surface area contributed by atoms with Gasteiger partial charge in [0.1, 0.15) is 0 Å². The zero-order chi connectivity index (χ0) is 16.6. The molecule has 1 aliphatic carbocycles. The third-order valence-electron chi connectivity index (χ3n) is 4.86. The van der Waals surface area contributed by atoms with Crippen LogP contribution in [0.3, 0.4) is 0 Å². The molecule has 0 aromatic heterocycles. The maximum Gasteiger partial charge on any atom is 0.416 e. The van der Waals surface area contributed by atoms with E-state index in [9.17, 15) is 18.0 Å². The first-order valence-corrected chi connectivity index (χ1v) is 8.00. The van der Waals surface area contributed by atoms with Gasteiger partial charge in [0.25, 0.3) is 0 Å². The molecule has 3 atom stereocenters. The van der Waals surface area contributed by atoms with E-state index in [1.165, 1.54) is 12.1 Å². The van der Waals surface area contributed by atoms with Crippen LogP contribution in [-0.4, -0.2) is 37.5 Å². The number of hydrogen-bond acceptors (Lipinski definition) is 2. The van der Waals surface area contributed by atoms with E-state index in [0.29, 0.717) is 5.92 Å². The van der Waals surface area contributed by atoms with Gasteiger partial charge in [-0.05, 0) is 56.0 Å². The van der Waals surface area contributed by atoms with Gasteiger partial charge in [0.2, 0.25) is 5.91 Å². The molecular formula is C17H21F3N2O. The molecule has 2 aliphatic rings. The lowest BCUT2D eigenvalue weighted by molar-refractivity contribution is -0.137. The van der Waals surface area contributed by atoms with E-state index in [2.05, 4.69) is 5.32 Å². The summed E-state index contributed by atoms with van der Waals surface area (Å²) < 4.78 is 37.7. The molecule has 2 fully saturated rings. The Morgan fingerprint density at radius 1 is 1.30 bits per heavy atom. The third kappa shape index (κ3) is 3.52. The van der Waals surface area contributed by atoms with E-state index in [-0.39, 0.29) is 17.7 Å². The van der Waals surface area contributed by atoms with Crippen molar-refractivity contribution in [3.05, 3.63) is 35.4 Å². The summed E-state index contributed by atoms with van der Waals surface area (Å²) in [6.07, 6.45) is -2.54. The minimum atomic E-state index is -4.31. The van der Waals surface area contributed by atoms with Gasteiger partial charge in [-0.25, -0.2) is 0 Å². The van der Waals surface area contributed by atoms with Crippen LogP contribution in [0, 0.1) is 11.8 Å². The number of halogens is 3. The first kappa shape index (κ1) is 16.3. The van der Waals surface area contributed by atoms with Crippen molar-refractivity contribution < 1.29 is 18.0 Å². The molecule has 3 rings (SSSR count). The molecule has 1 aliphatic heterocycles. The van der Waals surface area contributed by atoms with Crippen LogP contribution in [0.5, 0.6) is 0 Å². The summed E-state index contributed by atoms with van der Waals surface area (Å²) in [5.74, 6) is 0.689. The summed E-state index contributed by atoms with van der Waals surface area (Å²) in [5.41, 5.74) is 0.196. The van der Waals surface area contributed by atoms with Crippen LogP contribution in [0.4, 0.5) is 13.2 Å². The zero-order valence-corrected chi connectivity index (χ0v) is 13.1. The van der Waals surface area contributed by atoms with E-state index in [4.69, 9.17) is 0 Å². The number of likely N-dealkylation sites (tertiary alicyclic amines) is 1. The minimum Gasteiger partial charge on any atom is -0.342 e. The first-order chi connectivity index (χ1) is 10.9. The Balaban J connectivity index is 1.58. The lowest BCUT2D eigenvalue weighted by atomic mass is 10.1. The fourth-order valence-electron chi connectivity index (χ4n) is 3.48. The number of nitrogens with zero attached hydrogens (tertiary/aromatic N) is 1. The highest BCUT2D eigenvalue weighted by atomic mass is 19.4. The smallest absolute Gasteiger partial charge is 0.342 e. The lowest BCUT2D eigenvalue weighted by Gasteiger charge is -2.16. The number of alkyl halides is 3. The summed E-state index contributed by atoms with van der Waals surface area (Å²) >= 11 is 0. The second kappa shape index (κ2) is 6.15. The van der Waals surface area contributed by atoms with Gasteiger partial charge < -0.3 is 10.2 Å². The first-order valence-electron chi connectivity index (χ1n) is 8.00. The van der Waals surface area contributed by atoms with Crippen LogP contribution in [0.25, 0.3) is 0 Å². The van der Waals surface area contributed by atoms with Gasteiger partial charge in [-0.2, -0.15) is 13.2 Å². The largest absolute Gasteiger partial charge is 0.416 e. The zero-order valence-electron chi connectivity index (χ0n) is 13.1. The second-order valence-electron chi connectivity index (χ2n) is 6.57. The van der Waals surface area contributed by atoms with Crippen LogP contribution >= 0.6 is 0 Å². The van der Waals surface area contributed by atoms with Crippen molar-refractivity contribution in [1.82, 2.24) is 10.2 Å². The molecule has 126 valence electrons. The van der Waals surface area contributed by atoms with Crippen molar-refractivity contribution in [2.24, 2.45) is 11.8 Å². The highest BCUT2D eigenvalue weighted by molar-refractivity contribution is 5.83. The van der Waals surface area contributed by atoms with Crippen LogP contribution < -0.4 is 5.32 Å². The second-order valence-corrected chi connectivity index (χ2v) is 6.57. The van der Waals surface area contributed by atoms with Crippen LogP contribution in [0.2, 0.25) is 0 Å². The Morgan fingerprint density at radius 3 is 2.61 bits per heavy atom. The van der Waals surface area contributed by atoms with Crippen molar-refractivity contribution in [1.29, 1.82) is 0 Å². The fraction of sp³-hybridized carbons (Fsp3) is 0.588. The minimum absolute atomic E-state index is 0.0555. The predicted octanol–water partition coefficient (Wildman–Crippen LogP) is 2.88. The molecule has 1 saturated heterocycles. The Morgan fingerprint density at radius 2 is 2.00 bits per heavy atom. The number of nitrogens with one attached hydrogen (secondary N) is 1. The monoisotopic (exact) mass is 326 g/mol. The van der Waals surface area contributed by atoms with Crippen molar-refractivity contribution in [2.45, 2.75) is 24.9 Å². The number of hydrogen-bond donors (Lipinski definition) is 1. The van der Waals surface area contributed by atoms with Crippen LogP contribution in [-0.2, 0) is 11.0 Å². The number of carbonyl (C=O) groups excluding carboxylic acids is 1. The topological polar surface area (TPSA) is 32.3 Å². The maximum atomic E-state index is 12.6. The molecule has 6 heteroatoms. The van der Waals surface area contributed by atoms with Gasteiger partial charge >= 0.3 is 6.18 Å². The number of benzene rings is 1. The summed E-state index contributed by atoms with van der Waals surface area (Å²) in [6, 6.07) is 5.23. The summed E-state index contributed by atoms with van der Waals surface area (Å²) in [6.45, 7) is 2.49. The van der Waals surface area contributed by atoms with E-state index >= 15 is 0 Å². The van der Waals surface area contributed by atoms with Gasteiger partial charge in [-0.15, -0.1) is 0 Å². The van der Waals surface area contributed by atoms with Gasteiger partial charge in [-0.1, -0.05) is 12.1 Å². The maximum absolute atomic E-state index is 12.6. The standard InChI is InChI=1S/C17H21F3N2O/c1-21-9-11-6-7-22(10-11)16(23)15-8-14(15)12-2-4-13(5-3-12)17(18,19)20/h2-5,11,14-15,21H,6-10H2,1H3. The highest BCUT2D eigenvalue weighted by Gasteiger charge is 2.46. The normalized spacial score (nSPS) is 27.3. The highest BCUT2D eigenvalue weighted by Crippen LogP contribution is 2.49. The molecule has 3 unspecified atom stereocenters. The van der Waals surface area contributed by atoms with Crippen molar-refractivity contribution in [3.63, 3.8) is 0 Å².